The van der Waals surface area contributed by atoms with Crippen LogP contribution in [0.1, 0.15) is 44.2 Å². The van der Waals surface area contributed by atoms with Gasteiger partial charge in [-0.05, 0) is 80.5 Å². The van der Waals surface area contributed by atoms with Gasteiger partial charge in [-0.2, -0.15) is 0 Å². The van der Waals surface area contributed by atoms with Crippen molar-refractivity contribution in [1.29, 1.82) is 0 Å². The first-order valence-electron chi connectivity index (χ1n) is 9.48. The maximum Gasteiger partial charge on any atom is 0.312 e. The van der Waals surface area contributed by atoms with Crippen molar-refractivity contribution in [2.75, 3.05) is 0 Å². The molecule has 0 amide bonds. The van der Waals surface area contributed by atoms with Gasteiger partial charge in [-0.25, -0.2) is 0 Å². The first kappa shape index (κ1) is 16.4. The zero-order valence-electron chi connectivity index (χ0n) is 14.6. The predicted molar refractivity (Wildman–Crippen MR) is 97.4 cm³/mol. The van der Waals surface area contributed by atoms with Crippen LogP contribution in [0.5, 0.6) is 0 Å². The van der Waals surface area contributed by atoms with Crippen LogP contribution in [0.4, 0.5) is 0 Å². The molecular formula is C21H22ClNO3. The van der Waals surface area contributed by atoms with Gasteiger partial charge in [-0.15, -0.1) is 0 Å². The highest BCUT2D eigenvalue weighted by atomic mass is 35.5. The Kier molecular flexibility index (Phi) is 3.85. The van der Waals surface area contributed by atoms with Crippen molar-refractivity contribution >= 4 is 17.6 Å². The lowest BCUT2D eigenvalue weighted by Gasteiger charge is -2.55. The third-order valence-electron chi connectivity index (χ3n) is 6.51. The van der Waals surface area contributed by atoms with E-state index in [9.17, 15) is 4.79 Å². The summed E-state index contributed by atoms with van der Waals surface area (Å²) >= 11 is 5.91. The van der Waals surface area contributed by atoms with Crippen molar-refractivity contribution < 1.29 is 14.1 Å². The van der Waals surface area contributed by atoms with E-state index in [1.54, 1.807) is 0 Å². The Hall–Kier alpha value is -1.81. The van der Waals surface area contributed by atoms with E-state index in [0.29, 0.717) is 16.5 Å². The number of esters is 1. The Morgan fingerprint density at radius 3 is 2.35 bits per heavy atom. The summed E-state index contributed by atoms with van der Waals surface area (Å²) < 4.78 is 11.1. The first-order valence-corrected chi connectivity index (χ1v) is 9.86. The maximum absolute atomic E-state index is 12.9. The Balaban J connectivity index is 1.25. The standard InChI is InChI=1S/C21H22ClNO3/c22-17-3-1-16(2-4-17)19-8-18(23-26-19)12-25-20(24)21-9-13-5-14(10-21)7-15(6-13)11-21/h1-4,8,13-15H,5-7,9-12H2. The van der Waals surface area contributed by atoms with Crippen LogP contribution in [0.25, 0.3) is 11.3 Å². The summed E-state index contributed by atoms with van der Waals surface area (Å²) in [5.74, 6) is 2.84. The molecule has 5 heteroatoms. The molecule has 1 heterocycles. The first-order chi connectivity index (χ1) is 12.6. The molecular weight excluding hydrogens is 350 g/mol. The fourth-order valence-corrected chi connectivity index (χ4v) is 5.91. The number of aromatic nitrogens is 1. The van der Waals surface area contributed by atoms with Gasteiger partial charge in [0.1, 0.15) is 12.3 Å². The van der Waals surface area contributed by atoms with Gasteiger partial charge in [-0.3, -0.25) is 4.79 Å². The highest BCUT2D eigenvalue weighted by Crippen LogP contribution is 2.60. The van der Waals surface area contributed by atoms with Gasteiger partial charge in [0.2, 0.25) is 0 Å². The molecule has 6 rings (SSSR count). The summed E-state index contributed by atoms with van der Waals surface area (Å²) in [6.07, 6.45) is 7.02. The maximum atomic E-state index is 12.9. The largest absolute Gasteiger partial charge is 0.459 e. The van der Waals surface area contributed by atoms with E-state index in [4.69, 9.17) is 20.9 Å². The average Bonchev–Trinajstić information content (AvgIpc) is 3.08. The minimum absolute atomic E-state index is 0.0207. The number of ether oxygens (including phenoxy) is 1. The monoisotopic (exact) mass is 371 g/mol. The summed E-state index contributed by atoms with van der Waals surface area (Å²) in [7, 11) is 0. The second kappa shape index (κ2) is 6.12. The van der Waals surface area contributed by atoms with Gasteiger partial charge in [0.05, 0.1) is 5.41 Å². The summed E-state index contributed by atoms with van der Waals surface area (Å²) in [5, 5.41) is 4.73. The number of hydrogen-bond donors (Lipinski definition) is 0. The number of benzene rings is 1. The molecule has 1 aromatic heterocycles. The minimum atomic E-state index is -0.225. The Bertz CT molecular complexity index is 791. The van der Waals surface area contributed by atoms with Gasteiger partial charge < -0.3 is 9.26 Å². The fourth-order valence-electron chi connectivity index (χ4n) is 5.78. The summed E-state index contributed by atoms with van der Waals surface area (Å²) in [5.41, 5.74) is 1.32. The Morgan fingerprint density at radius 1 is 1.12 bits per heavy atom. The highest BCUT2D eigenvalue weighted by molar-refractivity contribution is 6.30. The molecule has 4 aliphatic rings. The van der Waals surface area contributed by atoms with Gasteiger partial charge >= 0.3 is 5.97 Å². The van der Waals surface area contributed by atoms with Crippen LogP contribution in [0, 0.1) is 23.2 Å². The van der Waals surface area contributed by atoms with E-state index in [1.807, 2.05) is 30.3 Å². The van der Waals surface area contributed by atoms with E-state index in [2.05, 4.69) is 5.16 Å². The van der Waals surface area contributed by atoms with Crippen LogP contribution in [0.3, 0.4) is 0 Å². The van der Waals surface area contributed by atoms with Crippen LogP contribution in [-0.2, 0) is 16.1 Å². The molecule has 26 heavy (non-hydrogen) atoms. The van der Waals surface area contributed by atoms with Crippen LogP contribution in [-0.4, -0.2) is 11.1 Å². The Labute approximate surface area is 157 Å². The molecule has 0 aliphatic heterocycles. The second-order valence-electron chi connectivity index (χ2n) is 8.46. The third-order valence-corrected chi connectivity index (χ3v) is 6.76. The summed E-state index contributed by atoms with van der Waals surface area (Å²) in [6, 6.07) is 9.22. The number of nitrogens with zero attached hydrogens (tertiary/aromatic N) is 1. The molecule has 1 aromatic carbocycles. The van der Waals surface area contributed by atoms with Crippen molar-refractivity contribution in [2.45, 2.75) is 45.1 Å². The van der Waals surface area contributed by atoms with Gasteiger partial charge in [0.15, 0.2) is 5.76 Å². The molecule has 4 saturated carbocycles. The lowest BCUT2D eigenvalue weighted by molar-refractivity contribution is -0.173. The number of carbonyl (C=O) groups excluding carboxylic acids is 1. The van der Waals surface area contributed by atoms with Gasteiger partial charge in [0, 0.05) is 16.7 Å². The van der Waals surface area contributed by atoms with E-state index in [-0.39, 0.29) is 18.0 Å². The molecule has 0 spiro atoms. The second-order valence-corrected chi connectivity index (χ2v) is 8.90. The summed E-state index contributed by atoms with van der Waals surface area (Å²) in [6.45, 7) is 0.178. The van der Waals surface area contributed by atoms with Crippen molar-refractivity contribution in [1.82, 2.24) is 5.16 Å². The zero-order valence-corrected chi connectivity index (χ0v) is 15.4. The van der Waals surface area contributed by atoms with E-state index in [0.717, 1.165) is 42.6 Å². The fraction of sp³-hybridized carbons (Fsp3) is 0.524. The zero-order chi connectivity index (χ0) is 17.7. The normalized spacial score (nSPS) is 32.0. The third kappa shape index (κ3) is 2.84. The molecule has 0 unspecified atom stereocenters. The van der Waals surface area contributed by atoms with E-state index < -0.39 is 0 Å². The molecule has 4 bridgehead atoms. The molecule has 4 fully saturated rings. The Morgan fingerprint density at radius 2 is 1.73 bits per heavy atom. The molecule has 4 nitrogen and oxygen atoms in total. The molecule has 0 radical (unpaired) electrons. The predicted octanol–water partition coefficient (Wildman–Crippen LogP) is 5.25. The smallest absolute Gasteiger partial charge is 0.312 e. The van der Waals surface area contributed by atoms with Gasteiger partial charge in [-0.1, -0.05) is 16.8 Å². The van der Waals surface area contributed by atoms with Crippen LogP contribution >= 0.6 is 11.6 Å². The topological polar surface area (TPSA) is 52.3 Å². The molecule has 0 atom stereocenters. The van der Waals surface area contributed by atoms with Crippen molar-refractivity contribution in [2.24, 2.45) is 23.2 Å². The van der Waals surface area contributed by atoms with Crippen molar-refractivity contribution in [3.05, 3.63) is 41.0 Å². The molecule has 0 saturated heterocycles. The number of halogens is 1. The lowest BCUT2D eigenvalue weighted by atomic mass is 9.49. The molecule has 2 aromatic rings. The van der Waals surface area contributed by atoms with Crippen LogP contribution < -0.4 is 0 Å². The summed E-state index contributed by atoms with van der Waals surface area (Å²) in [4.78, 5) is 12.9. The van der Waals surface area contributed by atoms with Crippen molar-refractivity contribution in [3.8, 4) is 11.3 Å². The van der Waals surface area contributed by atoms with E-state index in [1.165, 1.54) is 19.3 Å². The molecule has 0 N–H and O–H groups in total. The van der Waals surface area contributed by atoms with Crippen LogP contribution in [0.15, 0.2) is 34.9 Å². The lowest BCUT2D eigenvalue weighted by Crippen LogP contribution is -2.50. The number of rotatable bonds is 4. The SMILES string of the molecule is O=C(OCc1cc(-c2ccc(Cl)cc2)on1)C12CC3CC(CC(C3)C1)C2. The highest BCUT2D eigenvalue weighted by Gasteiger charge is 2.55. The van der Waals surface area contributed by atoms with Gasteiger partial charge in [0.25, 0.3) is 0 Å². The van der Waals surface area contributed by atoms with Crippen LogP contribution in [0.2, 0.25) is 5.02 Å². The minimum Gasteiger partial charge on any atom is -0.459 e. The molecule has 136 valence electrons. The average molecular weight is 372 g/mol. The number of carbonyl (C=O) groups is 1. The number of hydrogen-bond acceptors (Lipinski definition) is 4. The van der Waals surface area contributed by atoms with E-state index >= 15 is 0 Å². The van der Waals surface area contributed by atoms with Crippen molar-refractivity contribution in [3.63, 3.8) is 0 Å². The molecule has 4 aliphatic carbocycles. The quantitative estimate of drug-likeness (QED) is 0.688.